The van der Waals surface area contributed by atoms with Gasteiger partial charge in [-0.3, -0.25) is 5.32 Å². The van der Waals surface area contributed by atoms with Gasteiger partial charge in [-0.2, -0.15) is 0 Å². The zero-order chi connectivity index (χ0) is 9.14. The molecule has 0 aliphatic heterocycles. The molecule has 6 heteroatoms. The first-order chi connectivity index (χ1) is 5.59. The minimum atomic E-state index is -1.29. The molecule has 0 fully saturated rings. The number of rotatable bonds is 1. The van der Waals surface area contributed by atoms with E-state index in [-0.39, 0.29) is 11.5 Å². The first kappa shape index (κ1) is 8.25. The van der Waals surface area contributed by atoms with Crippen molar-refractivity contribution < 1.29 is 14.3 Å². The van der Waals surface area contributed by atoms with E-state index in [2.05, 4.69) is 4.98 Å². The zero-order valence-electron chi connectivity index (χ0n) is 5.91. The van der Waals surface area contributed by atoms with Crippen LogP contribution in [-0.2, 0) is 0 Å². The Labute approximate surface area is 67.0 Å². The van der Waals surface area contributed by atoms with E-state index in [4.69, 9.17) is 10.8 Å². The number of halogens is 1. The molecule has 5 nitrogen and oxygen atoms in total. The van der Waals surface area contributed by atoms with Gasteiger partial charge in [-0.05, 0) is 0 Å². The first-order valence-electron chi connectivity index (χ1n) is 3.00. The van der Waals surface area contributed by atoms with Crippen LogP contribution in [0.25, 0.3) is 0 Å². The van der Waals surface area contributed by atoms with E-state index in [1.54, 1.807) is 0 Å². The maximum atomic E-state index is 12.4. The number of anilines is 2. The van der Waals surface area contributed by atoms with Crippen molar-refractivity contribution in [3.8, 4) is 0 Å². The Kier molecular flexibility index (Phi) is 2.09. The monoisotopic (exact) mass is 171 g/mol. The number of hydrogen-bond acceptors (Lipinski definition) is 3. The van der Waals surface area contributed by atoms with Crippen LogP contribution in [0.4, 0.5) is 20.7 Å². The van der Waals surface area contributed by atoms with Crippen molar-refractivity contribution in [1.82, 2.24) is 4.98 Å². The number of nitrogens with one attached hydrogen (secondary N) is 1. The second kappa shape index (κ2) is 3.04. The lowest BCUT2D eigenvalue weighted by Crippen LogP contribution is -2.10. The normalized spacial score (nSPS) is 9.42. The summed E-state index contributed by atoms with van der Waals surface area (Å²) in [6.45, 7) is 0. The highest BCUT2D eigenvalue weighted by Gasteiger charge is 2.04. The number of hydrogen-bond donors (Lipinski definition) is 3. The van der Waals surface area contributed by atoms with E-state index in [0.29, 0.717) is 0 Å². The molecule has 0 atom stereocenters. The zero-order valence-corrected chi connectivity index (χ0v) is 5.91. The standard InChI is InChI=1S/C6H6FN3O2/c7-3-1-4(8)5(9-2-3)10-6(11)12/h1-2H,8H2,(H,9,10)(H,11,12). The van der Waals surface area contributed by atoms with Gasteiger partial charge in [0.1, 0.15) is 5.82 Å². The molecule has 0 saturated carbocycles. The largest absolute Gasteiger partial charge is 0.465 e. The molecule has 0 aromatic carbocycles. The summed E-state index contributed by atoms with van der Waals surface area (Å²) in [6.07, 6.45) is -0.414. The summed E-state index contributed by atoms with van der Waals surface area (Å²) in [5.41, 5.74) is 5.20. The summed E-state index contributed by atoms with van der Waals surface area (Å²) in [7, 11) is 0. The van der Waals surface area contributed by atoms with Gasteiger partial charge in [0, 0.05) is 6.07 Å². The highest BCUT2D eigenvalue weighted by molar-refractivity contribution is 5.85. The molecule has 1 aromatic heterocycles. The summed E-state index contributed by atoms with van der Waals surface area (Å²) in [4.78, 5) is 13.5. The van der Waals surface area contributed by atoms with Gasteiger partial charge in [-0.1, -0.05) is 0 Å². The van der Waals surface area contributed by atoms with Crippen molar-refractivity contribution in [3.05, 3.63) is 18.1 Å². The number of carboxylic acid groups (broad SMARTS) is 1. The maximum Gasteiger partial charge on any atom is 0.410 e. The van der Waals surface area contributed by atoms with Crippen LogP contribution in [0, 0.1) is 5.82 Å². The molecular formula is C6H6FN3O2. The smallest absolute Gasteiger partial charge is 0.410 e. The van der Waals surface area contributed by atoms with E-state index in [1.807, 2.05) is 5.32 Å². The maximum absolute atomic E-state index is 12.4. The Bertz CT molecular complexity index is 316. The van der Waals surface area contributed by atoms with Crippen LogP contribution in [-0.4, -0.2) is 16.2 Å². The second-order valence-electron chi connectivity index (χ2n) is 2.02. The minimum absolute atomic E-state index is 0.0441. The number of carbonyl (C=O) groups is 1. The van der Waals surface area contributed by atoms with Crippen LogP contribution in [0.3, 0.4) is 0 Å². The van der Waals surface area contributed by atoms with Crippen molar-refractivity contribution in [3.63, 3.8) is 0 Å². The van der Waals surface area contributed by atoms with Crippen molar-refractivity contribution in [2.75, 3.05) is 11.1 Å². The van der Waals surface area contributed by atoms with Crippen molar-refractivity contribution in [2.45, 2.75) is 0 Å². The van der Waals surface area contributed by atoms with Gasteiger partial charge in [0.25, 0.3) is 0 Å². The molecule has 0 aliphatic carbocycles. The molecule has 1 heterocycles. The Morgan fingerprint density at radius 3 is 2.92 bits per heavy atom. The van der Waals surface area contributed by atoms with Crippen molar-refractivity contribution in [2.24, 2.45) is 0 Å². The average Bonchev–Trinajstić information content (AvgIpc) is 1.94. The second-order valence-corrected chi connectivity index (χ2v) is 2.02. The Morgan fingerprint density at radius 1 is 1.75 bits per heavy atom. The SMILES string of the molecule is Nc1cc(F)cnc1NC(=O)O. The quantitative estimate of drug-likeness (QED) is 0.585. The summed E-state index contributed by atoms with van der Waals surface area (Å²) in [6, 6.07) is 0.984. The number of aromatic nitrogens is 1. The Morgan fingerprint density at radius 2 is 2.42 bits per heavy atom. The van der Waals surface area contributed by atoms with Crippen LogP contribution in [0.2, 0.25) is 0 Å². The number of nitrogens with two attached hydrogens (primary N) is 1. The number of nitrogen functional groups attached to an aromatic ring is 1. The third kappa shape index (κ3) is 1.82. The Balaban J connectivity index is 2.93. The molecule has 0 unspecified atom stereocenters. The molecule has 12 heavy (non-hydrogen) atoms. The van der Waals surface area contributed by atoms with E-state index in [0.717, 1.165) is 12.3 Å². The van der Waals surface area contributed by atoms with Gasteiger partial charge >= 0.3 is 6.09 Å². The van der Waals surface area contributed by atoms with Gasteiger partial charge in [0.2, 0.25) is 0 Å². The molecule has 1 aromatic rings. The van der Waals surface area contributed by atoms with Crippen molar-refractivity contribution in [1.29, 1.82) is 0 Å². The highest BCUT2D eigenvalue weighted by atomic mass is 19.1. The summed E-state index contributed by atoms with van der Waals surface area (Å²) in [5.74, 6) is -0.674. The van der Waals surface area contributed by atoms with E-state index in [1.165, 1.54) is 0 Å². The van der Waals surface area contributed by atoms with Crippen LogP contribution >= 0.6 is 0 Å². The van der Waals surface area contributed by atoms with Crippen LogP contribution in [0.5, 0.6) is 0 Å². The molecule has 64 valence electrons. The van der Waals surface area contributed by atoms with Gasteiger partial charge in [0.15, 0.2) is 5.82 Å². The molecule has 0 radical (unpaired) electrons. The van der Waals surface area contributed by atoms with Gasteiger partial charge in [0.05, 0.1) is 11.9 Å². The van der Waals surface area contributed by atoms with Crippen LogP contribution in [0.1, 0.15) is 0 Å². The van der Waals surface area contributed by atoms with Gasteiger partial charge in [-0.15, -0.1) is 0 Å². The van der Waals surface area contributed by atoms with E-state index in [9.17, 15) is 9.18 Å². The van der Waals surface area contributed by atoms with Gasteiger partial charge in [-0.25, -0.2) is 14.2 Å². The molecule has 1 amide bonds. The molecule has 0 spiro atoms. The lowest BCUT2D eigenvalue weighted by Gasteiger charge is -2.02. The molecule has 0 bridgehead atoms. The summed E-state index contributed by atoms with van der Waals surface area (Å²) < 4.78 is 12.4. The molecule has 1 rings (SSSR count). The third-order valence-corrected chi connectivity index (χ3v) is 1.11. The lowest BCUT2D eigenvalue weighted by molar-refractivity contribution is 0.209. The predicted octanol–water partition coefficient (Wildman–Crippen LogP) is 0.893. The molecule has 0 aliphatic rings. The van der Waals surface area contributed by atoms with Crippen molar-refractivity contribution >= 4 is 17.6 Å². The highest BCUT2D eigenvalue weighted by Crippen LogP contribution is 2.14. The predicted molar refractivity (Wildman–Crippen MR) is 40.3 cm³/mol. The Hall–Kier alpha value is -1.85. The van der Waals surface area contributed by atoms with Gasteiger partial charge < -0.3 is 10.8 Å². The number of pyridine rings is 1. The van der Waals surface area contributed by atoms with Crippen LogP contribution in [0.15, 0.2) is 12.3 Å². The molecule has 0 saturated heterocycles. The fourth-order valence-electron chi connectivity index (χ4n) is 0.661. The number of amides is 1. The number of nitrogens with zero attached hydrogens (tertiary/aromatic N) is 1. The summed E-state index contributed by atoms with van der Waals surface area (Å²) >= 11 is 0. The fraction of sp³-hybridized carbons (Fsp3) is 0. The minimum Gasteiger partial charge on any atom is -0.465 e. The van der Waals surface area contributed by atoms with Crippen LogP contribution < -0.4 is 11.1 Å². The molecule has 4 N–H and O–H groups in total. The lowest BCUT2D eigenvalue weighted by atomic mass is 10.4. The fourth-order valence-corrected chi connectivity index (χ4v) is 0.661. The summed E-state index contributed by atoms with van der Waals surface area (Å²) in [5, 5.41) is 10.2. The average molecular weight is 171 g/mol. The topological polar surface area (TPSA) is 88.2 Å². The van der Waals surface area contributed by atoms with E-state index < -0.39 is 11.9 Å². The third-order valence-electron chi connectivity index (χ3n) is 1.11. The molecular weight excluding hydrogens is 165 g/mol. The van der Waals surface area contributed by atoms with E-state index >= 15 is 0 Å². The first-order valence-corrected chi connectivity index (χ1v) is 3.00.